The Morgan fingerprint density at radius 1 is 0.914 bits per heavy atom. The second-order valence-electron chi connectivity index (χ2n) is 8.60. The third-order valence-electron chi connectivity index (χ3n) is 6.48. The molecule has 3 atom stereocenters. The smallest absolute Gasteiger partial charge is 0.315 e. The minimum atomic E-state index is -3.95. The van der Waals surface area contributed by atoms with Crippen molar-refractivity contribution in [1.82, 2.24) is 9.55 Å². The number of phenolic OH excluding ortho intramolecular Hbond substituents is 1. The largest absolute Gasteiger partial charge is 0.508 e. The molecule has 2 aliphatic heterocycles. The van der Waals surface area contributed by atoms with Gasteiger partial charge in [0.15, 0.2) is 0 Å². The number of hydrogen-bond donors (Lipinski definition) is 1. The highest BCUT2D eigenvalue weighted by Crippen LogP contribution is 2.50. The molecule has 0 amide bonds. The molecule has 1 fully saturated rings. The minimum Gasteiger partial charge on any atom is -0.508 e. The van der Waals surface area contributed by atoms with Crippen LogP contribution in [0.1, 0.15) is 17.5 Å². The zero-order chi connectivity index (χ0) is 24.0. The van der Waals surface area contributed by atoms with Crippen LogP contribution in [0, 0.1) is 0 Å². The first kappa shape index (κ1) is 21.6. The molecule has 6 rings (SSSR count). The van der Waals surface area contributed by atoms with E-state index >= 15 is 0 Å². The van der Waals surface area contributed by atoms with Gasteiger partial charge in [-0.3, -0.25) is 0 Å². The molecule has 2 bridgehead atoms. The first-order chi connectivity index (χ1) is 17.0. The maximum atomic E-state index is 13.3. The minimum absolute atomic E-state index is 0.168. The number of aromatic hydroxyl groups is 1. The molecular weight excluding hydrogens is 464 g/mol. The summed E-state index contributed by atoms with van der Waals surface area (Å²) < 4.78 is 40.2. The predicted molar refractivity (Wildman–Crippen MR) is 132 cm³/mol. The van der Waals surface area contributed by atoms with Crippen LogP contribution in [0.25, 0.3) is 16.8 Å². The summed E-state index contributed by atoms with van der Waals surface area (Å²) >= 11 is 0. The quantitative estimate of drug-likeness (QED) is 0.405. The topological polar surface area (TPSA) is 90.7 Å². The van der Waals surface area contributed by atoms with E-state index in [1.165, 1.54) is 0 Å². The fourth-order valence-electron chi connectivity index (χ4n) is 4.89. The molecule has 7 nitrogen and oxygen atoms in total. The van der Waals surface area contributed by atoms with Gasteiger partial charge in [-0.25, -0.2) is 4.98 Å². The fraction of sp³-hybridized carbons (Fsp3) is 0.148. The Morgan fingerprint density at radius 3 is 2.29 bits per heavy atom. The average Bonchev–Trinajstić information content (AvgIpc) is 3.62. The van der Waals surface area contributed by atoms with Crippen molar-refractivity contribution in [2.24, 2.45) is 0 Å². The number of ether oxygens (including phenoxy) is 1. The Hall–Kier alpha value is -3.88. The lowest BCUT2D eigenvalue weighted by Gasteiger charge is -2.24. The Labute approximate surface area is 203 Å². The van der Waals surface area contributed by atoms with Crippen molar-refractivity contribution in [1.29, 1.82) is 0 Å². The van der Waals surface area contributed by atoms with Crippen LogP contribution in [0.5, 0.6) is 11.5 Å². The van der Waals surface area contributed by atoms with Gasteiger partial charge in [0.05, 0.1) is 12.4 Å². The Kier molecular flexibility index (Phi) is 5.20. The molecule has 35 heavy (non-hydrogen) atoms. The first-order valence-corrected chi connectivity index (χ1v) is 12.7. The maximum absolute atomic E-state index is 13.3. The monoisotopic (exact) mass is 486 g/mol. The Balaban J connectivity index is 1.41. The van der Waals surface area contributed by atoms with Crippen LogP contribution in [0.3, 0.4) is 0 Å². The van der Waals surface area contributed by atoms with E-state index in [-0.39, 0.29) is 11.5 Å². The molecule has 3 aromatic carbocycles. The van der Waals surface area contributed by atoms with Gasteiger partial charge in [-0.05, 0) is 58.7 Å². The Bertz CT molecular complexity index is 1480. The molecule has 176 valence electrons. The van der Waals surface area contributed by atoms with Gasteiger partial charge < -0.3 is 18.6 Å². The SMILES string of the molecule is O=S(=O)(Oc1ccccc1)C1C[C@H]2O[C@@H]1C(c1ccc(-n3ccnc3)cc1)=C2c1ccc(O)cc1. The van der Waals surface area contributed by atoms with E-state index in [1.807, 2.05) is 47.2 Å². The van der Waals surface area contributed by atoms with Gasteiger partial charge in [0.25, 0.3) is 0 Å². The maximum Gasteiger partial charge on any atom is 0.315 e. The highest BCUT2D eigenvalue weighted by molar-refractivity contribution is 7.87. The van der Waals surface area contributed by atoms with Crippen molar-refractivity contribution in [2.75, 3.05) is 0 Å². The summed E-state index contributed by atoms with van der Waals surface area (Å²) in [4.78, 5) is 4.09. The van der Waals surface area contributed by atoms with Gasteiger partial charge in [0.2, 0.25) is 0 Å². The molecular formula is C27H22N2O5S. The highest BCUT2D eigenvalue weighted by Gasteiger charge is 2.53. The molecule has 1 saturated heterocycles. The molecule has 0 spiro atoms. The van der Waals surface area contributed by atoms with Gasteiger partial charge in [-0.15, -0.1) is 0 Å². The first-order valence-electron chi connectivity index (χ1n) is 11.3. The second-order valence-corrected chi connectivity index (χ2v) is 10.4. The van der Waals surface area contributed by atoms with Crippen molar-refractivity contribution in [3.63, 3.8) is 0 Å². The van der Waals surface area contributed by atoms with Gasteiger partial charge >= 0.3 is 10.1 Å². The van der Waals surface area contributed by atoms with Crippen LogP contribution in [0.2, 0.25) is 0 Å². The van der Waals surface area contributed by atoms with E-state index in [0.29, 0.717) is 6.42 Å². The molecule has 8 heteroatoms. The van der Waals surface area contributed by atoms with E-state index in [1.54, 1.807) is 55.0 Å². The van der Waals surface area contributed by atoms with Gasteiger partial charge in [0, 0.05) is 24.5 Å². The number of nitrogens with zero attached hydrogens (tertiary/aromatic N) is 2. The number of hydrogen-bond acceptors (Lipinski definition) is 6. The van der Waals surface area contributed by atoms with E-state index in [0.717, 1.165) is 28.0 Å². The van der Waals surface area contributed by atoms with E-state index in [2.05, 4.69) is 4.98 Å². The highest BCUT2D eigenvalue weighted by atomic mass is 32.2. The standard InChI is InChI=1S/C27H22N2O5S/c30-21-12-8-18(9-13-21)25-23-16-24(35(31,32)34-22-4-2-1-3-5-22)27(33-23)26(25)19-6-10-20(11-7-19)29-15-14-28-17-29/h1-15,17,23-24,27,30H,16H2/t23-,24?,27+/m1/s1. The predicted octanol–water partition coefficient (Wildman–Crippen LogP) is 4.44. The molecule has 1 unspecified atom stereocenters. The van der Waals surface area contributed by atoms with Gasteiger partial charge in [-0.2, -0.15) is 8.42 Å². The normalized spacial score (nSPS) is 21.4. The zero-order valence-corrected chi connectivity index (χ0v) is 19.4. The number of aromatic nitrogens is 2. The number of imidazole rings is 1. The summed E-state index contributed by atoms with van der Waals surface area (Å²) in [6.45, 7) is 0. The molecule has 1 N–H and O–H groups in total. The molecule has 2 aliphatic rings. The molecule has 0 aliphatic carbocycles. The number of rotatable bonds is 6. The van der Waals surface area contributed by atoms with Crippen molar-refractivity contribution >= 4 is 21.3 Å². The van der Waals surface area contributed by atoms with E-state index in [4.69, 9.17) is 8.92 Å². The van der Waals surface area contributed by atoms with Crippen molar-refractivity contribution in [3.05, 3.63) is 109 Å². The van der Waals surface area contributed by atoms with Crippen LogP contribution < -0.4 is 4.18 Å². The van der Waals surface area contributed by atoms with Gasteiger partial charge in [0.1, 0.15) is 22.9 Å². The molecule has 0 radical (unpaired) electrons. The molecule has 4 aromatic rings. The lowest BCUT2D eigenvalue weighted by Crippen LogP contribution is -2.35. The van der Waals surface area contributed by atoms with Crippen LogP contribution in [0.4, 0.5) is 0 Å². The zero-order valence-electron chi connectivity index (χ0n) is 18.6. The van der Waals surface area contributed by atoms with Crippen LogP contribution in [0.15, 0.2) is 97.6 Å². The lowest BCUT2D eigenvalue weighted by molar-refractivity contribution is 0.128. The molecule has 0 saturated carbocycles. The average molecular weight is 487 g/mol. The van der Waals surface area contributed by atoms with E-state index < -0.39 is 27.6 Å². The number of para-hydroxylation sites is 1. The van der Waals surface area contributed by atoms with Crippen molar-refractivity contribution < 1.29 is 22.4 Å². The summed E-state index contributed by atoms with van der Waals surface area (Å²) in [6, 6.07) is 23.3. The summed E-state index contributed by atoms with van der Waals surface area (Å²) in [5.74, 6) is 0.450. The third-order valence-corrected chi connectivity index (χ3v) is 8.08. The van der Waals surface area contributed by atoms with Crippen molar-refractivity contribution in [2.45, 2.75) is 23.9 Å². The number of phenols is 1. The summed E-state index contributed by atoms with van der Waals surface area (Å²) in [5, 5.41) is 8.94. The molecule has 3 heterocycles. The fourth-order valence-corrected chi connectivity index (χ4v) is 6.31. The van der Waals surface area contributed by atoms with E-state index in [9.17, 15) is 13.5 Å². The third kappa shape index (κ3) is 3.90. The number of benzene rings is 3. The summed E-state index contributed by atoms with van der Waals surface area (Å²) in [7, 11) is -3.95. The van der Waals surface area contributed by atoms with Crippen LogP contribution in [-0.2, 0) is 14.9 Å². The van der Waals surface area contributed by atoms with Crippen LogP contribution in [-0.4, -0.2) is 40.5 Å². The van der Waals surface area contributed by atoms with Crippen molar-refractivity contribution in [3.8, 4) is 17.2 Å². The van der Waals surface area contributed by atoms with Crippen LogP contribution >= 0.6 is 0 Å². The Morgan fingerprint density at radius 2 is 1.60 bits per heavy atom. The lowest BCUT2D eigenvalue weighted by atomic mass is 9.83. The summed E-state index contributed by atoms with van der Waals surface area (Å²) in [5.41, 5.74) is 4.48. The number of fused-ring (bicyclic) bond motifs is 2. The second kappa shape index (κ2) is 8.41. The van der Waals surface area contributed by atoms with Gasteiger partial charge in [-0.1, -0.05) is 42.5 Å². The summed E-state index contributed by atoms with van der Waals surface area (Å²) in [6.07, 6.45) is 4.53. The molecule has 1 aromatic heterocycles.